The van der Waals surface area contributed by atoms with Crippen LogP contribution in [0.1, 0.15) is 23.1 Å². The molecule has 0 amide bonds. The maximum atomic E-state index is 13.6. The first kappa shape index (κ1) is 12.1. The van der Waals surface area contributed by atoms with Gasteiger partial charge < -0.3 is 5.11 Å². The molecule has 0 bridgehead atoms. The first-order valence-electron chi connectivity index (χ1n) is 5.04. The molecule has 94 valence electrons. The van der Waals surface area contributed by atoms with Crippen LogP contribution in [0, 0.1) is 11.6 Å². The summed E-state index contributed by atoms with van der Waals surface area (Å²) in [6.45, 7) is 1.75. The van der Waals surface area contributed by atoms with Gasteiger partial charge in [-0.2, -0.15) is 4.68 Å². The van der Waals surface area contributed by atoms with E-state index in [0.717, 1.165) is 10.7 Å². The van der Waals surface area contributed by atoms with Gasteiger partial charge in [-0.05, 0) is 16.5 Å². The van der Waals surface area contributed by atoms with Crippen molar-refractivity contribution >= 4 is 5.97 Å². The zero-order valence-corrected chi connectivity index (χ0v) is 9.26. The summed E-state index contributed by atoms with van der Waals surface area (Å²) in [5.74, 6) is -3.22. The predicted octanol–water partition coefficient (Wildman–Crippen LogP) is 1.20. The largest absolute Gasteiger partial charge is 0.478 e. The van der Waals surface area contributed by atoms with E-state index in [4.69, 9.17) is 5.11 Å². The van der Waals surface area contributed by atoms with Crippen LogP contribution in [0.3, 0.4) is 0 Å². The van der Waals surface area contributed by atoms with Crippen LogP contribution in [0.2, 0.25) is 0 Å². The molecule has 2 rings (SSSR count). The van der Waals surface area contributed by atoms with Crippen LogP contribution in [-0.4, -0.2) is 31.3 Å². The number of benzene rings is 1. The van der Waals surface area contributed by atoms with Gasteiger partial charge in [0.05, 0.1) is 5.56 Å². The first-order valence-corrected chi connectivity index (χ1v) is 5.04. The lowest BCUT2D eigenvalue weighted by molar-refractivity contribution is 0.0691. The van der Waals surface area contributed by atoms with Gasteiger partial charge in [0.2, 0.25) is 0 Å². The van der Waals surface area contributed by atoms with Gasteiger partial charge in [-0.1, -0.05) is 6.92 Å². The van der Waals surface area contributed by atoms with Crippen LogP contribution >= 0.6 is 0 Å². The molecular weight excluding hydrogens is 246 g/mol. The number of aromatic nitrogens is 4. The third-order valence-electron chi connectivity index (χ3n) is 2.35. The topological polar surface area (TPSA) is 80.9 Å². The molecule has 18 heavy (non-hydrogen) atoms. The number of hydrogen-bond donors (Lipinski definition) is 1. The second kappa shape index (κ2) is 4.47. The maximum Gasteiger partial charge on any atom is 0.338 e. The summed E-state index contributed by atoms with van der Waals surface area (Å²) in [4.78, 5) is 10.8. The van der Waals surface area contributed by atoms with E-state index < -0.39 is 23.2 Å². The lowest BCUT2D eigenvalue weighted by Gasteiger charge is -2.06. The summed E-state index contributed by atoms with van der Waals surface area (Å²) in [6, 6.07) is 1.36. The summed E-state index contributed by atoms with van der Waals surface area (Å²) >= 11 is 0. The molecule has 0 saturated carbocycles. The van der Waals surface area contributed by atoms with Crippen molar-refractivity contribution in [1.29, 1.82) is 0 Å². The summed E-state index contributed by atoms with van der Waals surface area (Å²) < 4.78 is 27.9. The summed E-state index contributed by atoms with van der Waals surface area (Å²) in [7, 11) is 0. The number of hydrogen-bond acceptors (Lipinski definition) is 4. The fraction of sp³-hybridized carbons (Fsp3) is 0.200. The van der Waals surface area contributed by atoms with Gasteiger partial charge in [0.15, 0.2) is 11.6 Å². The first-order chi connectivity index (χ1) is 8.54. The van der Waals surface area contributed by atoms with E-state index in [9.17, 15) is 13.6 Å². The molecule has 1 aromatic carbocycles. The lowest BCUT2D eigenvalue weighted by Crippen LogP contribution is -2.09. The molecule has 6 nitrogen and oxygen atoms in total. The molecule has 0 aliphatic heterocycles. The van der Waals surface area contributed by atoms with Crippen LogP contribution in [0.15, 0.2) is 12.1 Å². The van der Waals surface area contributed by atoms with E-state index in [2.05, 4.69) is 15.5 Å². The van der Waals surface area contributed by atoms with Crippen LogP contribution < -0.4 is 0 Å². The zero-order chi connectivity index (χ0) is 13.3. The van der Waals surface area contributed by atoms with Gasteiger partial charge in [-0.25, -0.2) is 13.6 Å². The fourth-order valence-corrected chi connectivity index (χ4v) is 1.48. The molecule has 1 aromatic heterocycles. The molecular formula is C10H8F2N4O2. The van der Waals surface area contributed by atoms with Crippen molar-refractivity contribution in [3.8, 4) is 5.69 Å². The van der Waals surface area contributed by atoms with E-state index in [-0.39, 0.29) is 5.69 Å². The molecule has 0 radical (unpaired) electrons. The number of carboxylic acids is 1. The number of aromatic carboxylic acids is 1. The fourth-order valence-electron chi connectivity index (χ4n) is 1.48. The molecule has 1 N–H and O–H groups in total. The molecule has 0 aliphatic rings. The predicted molar refractivity (Wildman–Crippen MR) is 55.4 cm³/mol. The van der Waals surface area contributed by atoms with Crippen LogP contribution in [0.4, 0.5) is 8.78 Å². The van der Waals surface area contributed by atoms with Crippen molar-refractivity contribution < 1.29 is 18.7 Å². The van der Waals surface area contributed by atoms with Crippen LogP contribution in [0.25, 0.3) is 5.69 Å². The molecule has 0 saturated heterocycles. The van der Waals surface area contributed by atoms with Crippen molar-refractivity contribution in [2.75, 3.05) is 0 Å². The number of nitrogens with zero attached hydrogens (tertiary/aromatic N) is 4. The number of carboxylic acid groups (broad SMARTS) is 1. The third-order valence-corrected chi connectivity index (χ3v) is 2.35. The van der Waals surface area contributed by atoms with Gasteiger partial charge in [-0.15, -0.1) is 5.10 Å². The highest BCUT2D eigenvalue weighted by Crippen LogP contribution is 2.19. The average molecular weight is 254 g/mol. The van der Waals surface area contributed by atoms with Gasteiger partial charge >= 0.3 is 5.97 Å². The monoisotopic (exact) mass is 254 g/mol. The number of rotatable bonds is 3. The standard InChI is InChI=1S/C10H8F2N4O2/c1-2-9-13-14-15-16(9)8-3-5(10(17)18)6(11)4-7(8)12/h3-4H,2H2,1H3,(H,17,18). The minimum absolute atomic E-state index is 0.198. The Morgan fingerprint density at radius 2 is 2.11 bits per heavy atom. The molecule has 2 aromatic rings. The number of tetrazole rings is 1. The lowest BCUT2D eigenvalue weighted by atomic mass is 10.2. The van der Waals surface area contributed by atoms with E-state index >= 15 is 0 Å². The second-order valence-electron chi connectivity index (χ2n) is 3.45. The van der Waals surface area contributed by atoms with E-state index in [1.807, 2.05) is 0 Å². The normalized spacial score (nSPS) is 10.6. The quantitative estimate of drug-likeness (QED) is 0.890. The Balaban J connectivity index is 2.64. The van der Waals surface area contributed by atoms with E-state index in [0.29, 0.717) is 18.3 Å². The van der Waals surface area contributed by atoms with Crippen molar-refractivity contribution in [3.05, 3.63) is 35.2 Å². The second-order valence-corrected chi connectivity index (χ2v) is 3.45. The average Bonchev–Trinajstić information content (AvgIpc) is 2.76. The van der Waals surface area contributed by atoms with Crippen molar-refractivity contribution in [1.82, 2.24) is 20.2 Å². The zero-order valence-electron chi connectivity index (χ0n) is 9.26. The Bertz CT molecular complexity index is 612. The third kappa shape index (κ3) is 1.92. The minimum Gasteiger partial charge on any atom is -0.478 e. The smallest absolute Gasteiger partial charge is 0.338 e. The SMILES string of the molecule is CCc1nnnn1-c1cc(C(=O)O)c(F)cc1F. The van der Waals surface area contributed by atoms with Crippen molar-refractivity contribution in [2.45, 2.75) is 13.3 Å². The van der Waals surface area contributed by atoms with Gasteiger partial charge in [0.1, 0.15) is 11.5 Å². The molecule has 0 aliphatic carbocycles. The highest BCUT2D eigenvalue weighted by atomic mass is 19.1. The van der Waals surface area contributed by atoms with E-state index in [1.165, 1.54) is 0 Å². The Labute approximate surface area is 99.9 Å². The minimum atomic E-state index is -1.49. The molecule has 0 unspecified atom stereocenters. The number of aryl methyl sites for hydroxylation is 1. The Hall–Kier alpha value is -2.38. The van der Waals surface area contributed by atoms with Crippen LogP contribution in [-0.2, 0) is 6.42 Å². The van der Waals surface area contributed by atoms with Gasteiger partial charge in [0.25, 0.3) is 0 Å². The number of halogens is 2. The van der Waals surface area contributed by atoms with Gasteiger partial charge in [-0.3, -0.25) is 0 Å². The Kier molecular flexibility index (Phi) is 3.00. The van der Waals surface area contributed by atoms with E-state index in [1.54, 1.807) is 6.92 Å². The molecule has 0 atom stereocenters. The summed E-state index contributed by atoms with van der Waals surface area (Å²) in [5.41, 5.74) is -0.834. The molecule has 0 fully saturated rings. The summed E-state index contributed by atoms with van der Waals surface area (Å²) in [6.07, 6.45) is 0.423. The maximum absolute atomic E-state index is 13.6. The van der Waals surface area contributed by atoms with Crippen molar-refractivity contribution in [2.24, 2.45) is 0 Å². The highest BCUT2D eigenvalue weighted by Gasteiger charge is 2.18. The Morgan fingerprint density at radius 1 is 1.39 bits per heavy atom. The summed E-state index contributed by atoms with van der Waals surface area (Å²) in [5, 5.41) is 19.3. The molecule has 0 spiro atoms. The number of carbonyl (C=O) groups is 1. The van der Waals surface area contributed by atoms with Gasteiger partial charge in [0, 0.05) is 12.5 Å². The molecule has 8 heteroatoms. The highest BCUT2D eigenvalue weighted by molar-refractivity contribution is 5.88. The van der Waals surface area contributed by atoms with Crippen molar-refractivity contribution in [3.63, 3.8) is 0 Å². The van der Waals surface area contributed by atoms with Crippen LogP contribution in [0.5, 0.6) is 0 Å². The molecule has 1 heterocycles. The Morgan fingerprint density at radius 3 is 2.72 bits per heavy atom.